The van der Waals surface area contributed by atoms with Gasteiger partial charge < -0.3 is 9.84 Å². The van der Waals surface area contributed by atoms with E-state index in [1.807, 2.05) is 0 Å². The van der Waals surface area contributed by atoms with Crippen molar-refractivity contribution in [2.75, 3.05) is 12.4 Å². The summed E-state index contributed by atoms with van der Waals surface area (Å²) in [6.07, 6.45) is 4.01. The van der Waals surface area contributed by atoms with Crippen LogP contribution in [-0.2, 0) is 4.74 Å². The van der Waals surface area contributed by atoms with E-state index in [9.17, 15) is 9.50 Å². The van der Waals surface area contributed by atoms with Crippen LogP contribution < -0.4 is 0 Å². The Morgan fingerprint density at radius 2 is 2.17 bits per heavy atom. The normalized spacial score (nSPS) is 21.1. The zero-order valence-electron chi connectivity index (χ0n) is 10.3. The third-order valence-corrected chi connectivity index (χ3v) is 4.26. The summed E-state index contributed by atoms with van der Waals surface area (Å²) in [5, 5.41) is 9.87. The van der Waals surface area contributed by atoms with Gasteiger partial charge in [-0.25, -0.2) is 4.39 Å². The van der Waals surface area contributed by atoms with Gasteiger partial charge in [-0.2, -0.15) is 0 Å². The fourth-order valence-electron chi connectivity index (χ4n) is 2.06. The van der Waals surface area contributed by atoms with E-state index in [4.69, 9.17) is 4.74 Å². The lowest BCUT2D eigenvalue weighted by atomic mass is 10.1. The first-order valence-electron chi connectivity index (χ1n) is 6.42. The monoisotopic (exact) mass is 270 g/mol. The Morgan fingerprint density at radius 1 is 1.39 bits per heavy atom. The number of benzene rings is 1. The minimum atomic E-state index is -0.316. The van der Waals surface area contributed by atoms with Crippen molar-refractivity contribution < 1.29 is 14.2 Å². The van der Waals surface area contributed by atoms with Crippen molar-refractivity contribution in [2.45, 2.75) is 42.8 Å². The van der Waals surface area contributed by atoms with Crippen LogP contribution in [0.15, 0.2) is 29.2 Å². The standard InChI is InChI=1S/C14H19FO2S/c15-11-3-7-14(8-4-11)18-10-12(16)5-6-13-2-1-9-17-13/h3-4,7-8,12-13,16H,1-2,5-6,9-10H2. The van der Waals surface area contributed by atoms with Gasteiger partial charge in [-0.15, -0.1) is 11.8 Å². The first-order valence-corrected chi connectivity index (χ1v) is 7.40. The van der Waals surface area contributed by atoms with E-state index in [-0.39, 0.29) is 11.9 Å². The van der Waals surface area contributed by atoms with Gasteiger partial charge in [0.15, 0.2) is 0 Å². The van der Waals surface area contributed by atoms with Crippen molar-refractivity contribution in [3.63, 3.8) is 0 Å². The lowest BCUT2D eigenvalue weighted by Gasteiger charge is -2.13. The van der Waals surface area contributed by atoms with E-state index < -0.39 is 0 Å². The molecule has 0 saturated carbocycles. The lowest BCUT2D eigenvalue weighted by molar-refractivity contribution is 0.0861. The Bertz CT molecular complexity index is 349. The van der Waals surface area contributed by atoms with Crippen molar-refractivity contribution >= 4 is 11.8 Å². The molecule has 1 aromatic rings. The van der Waals surface area contributed by atoms with Crippen molar-refractivity contribution in [2.24, 2.45) is 0 Å². The zero-order chi connectivity index (χ0) is 12.8. The fraction of sp³-hybridized carbons (Fsp3) is 0.571. The molecule has 2 nitrogen and oxygen atoms in total. The molecular formula is C14H19FO2S. The second-order valence-electron chi connectivity index (χ2n) is 4.63. The van der Waals surface area contributed by atoms with Crippen LogP contribution in [0.4, 0.5) is 4.39 Å². The highest BCUT2D eigenvalue weighted by Crippen LogP contribution is 2.22. The first kappa shape index (κ1) is 13.8. The lowest BCUT2D eigenvalue weighted by Crippen LogP contribution is -2.14. The van der Waals surface area contributed by atoms with Gasteiger partial charge in [0.1, 0.15) is 5.82 Å². The molecule has 1 saturated heterocycles. The topological polar surface area (TPSA) is 29.5 Å². The van der Waals surface area contributed by atoms with Crippen LogP contribution in [0.1, 0.15) is 25.7 Å². The fourth-order valence-corrected chi connectivity index (χ4v) is 2.94. The van der Waals surface area contributed by atoms with Gasteiger partial charge in [-0.1, -0.05) is 0 Å². The number of aliphatic hydroxyl groups is 1. The Labute approximate surface area is 112 Å². The predicted octanol–water partition coefficient (Wildman–Crippen LogP) is 3.24. The van der Waals surface area contributed by atoms with E-state index >= 15 is 0 Å². The number of halogens is 1. The summed E-state index contributed by atoms with van der Waals surface area (Å²) in [6, 6.07) is 6.38. The van der Waals surface area contributed by atoms with E-state index in [0.29, 0.717) is 11.9 Å². The molecule has 0 spiro atoms. The molecule has 0 amide bonds. The molecular weight excluding hydrogens is 251 g/mol. The number of ether oxygens (including phenoxy) is 1. The number of thioether (sulfide) groups is 1. The molecule has 0 radical (unpaired) electrons. The molecule has 1 heterocycles. The molecule has 0 aromatic heterocycles. The SMILES string of the molecule is OC(CCC1CCCO1)CSc1ccc(F)cc1. The van der Waals surface area contributed by atoms with Gasteiger partial charge in [0, 0.05) is 17.3 Å². The van der Waals surface area contributed by atoms with Gasteiger partial charge in [-0.05, 0) is 49.9 Å². The maximum absolute atomic E-state index is 12.7. The highest BCUT2D eigenvalue weighted by atomic mass is 32.2. The highest BCUT2D eigenvalue weighted by molar-refractivity contribution is 7.99. The number of rotatable bonds is 6. The van der Waals surface area contributed by atoms with Gasteiger partial charge in [-0.3, -0.25) is 0 Å². The summed E-state index contributed by atoms with van der Waals surface area (Å²) < 4.78 is 18.2. The molecule has 18 heavy (non-hydrogen) atoms. The summed E-state index contributed by atoms with van der Waals surface area (Å²) >= 11 is 1.56. The van der Waals surface area contributed by atoms with Crippen LogP contribution in [0, 0.1) is 5.82 Å². The average Bonchev–Trinajstić information content (AvgIpc) is 2.89. The molecule has 2 unspecified atom stereocenters. The molecule has 2 rings (SSSR count). The molecule has 4 heteroatoms. The predicted molar refractivity (Wildman–Crippen MR) is 71.3 cm³/mol. The van der Waals surface area contributed by atoms with Crippen molar-refractivity contribution in [3.8, 4) is 0 Å². The minimum Gasteiger partial charge on any atom is -0.392 e. The van der Waals surface area contributed by atoms with E-state index in [0.717, 1.165) is 37.2 Å². The maximum Gasteiger partial charge on any atom is 0.123 e. The Balaban J connectivity index is 1.64. The van der Waals surface area contributed by atoms with E-state index in [2.05, 4.69) is 0 Å². The molecule has 1 aliphatic rings. The molecule has 0 aliphatic carbocycles. The van der Waals surface area contributed by atoms with Gasteiger partial charge in [0.05, 0.1) is 12.2 Å². The summed E-state index contributed by atoms with van der Waals surface area (Å²) in [7, 11) is 0. The molecule has 1 fully saturated rings. The number of hydrogen-bond acceptors (Lipinski definition) is 3. The van der Waals surface area contributed by atoms with Crippen LogP contribution in [0.5, 0.6) is 0 Å². The molecule has 1 aliphatic heterocycles. The third-order valence-electron chi connectivity index (χ3n) is 3.10. The van der Waals surface area contributed by atoms with Crippen LogP contribution in [0.2, 0.25) is 0 Å². The van der Waals surface area contributed by atoms with Crippen LogP contribution in [-0.4, -0.2) is 29.7 Å². The van der Waals surface area contributed by atoms with Crippen LogP contribution in [0.25, 0.3) is 0 Å². The molecule has 1 aromatic carbocycles. The smallest absolute Gasteiger partial charge is 0.123 e. The maximum atomic E-state index is 12.7. The number of hydrogen-bond donors (Lipinski definition) is 1. The minimum absolute atomic E-state index is 0.224. The van der Waals surface area contributed by atoms with Crippen LogP contribution in [0.3, 0.4) is 0 Å². The quantitative estimate of drug-likeness (QED) is 0.805. The van der Waals surface area contributed by atoms with E-state index in [1.54, 1.807) is 23.9 Å². The van der Waals surface area contributed by atoms with Crippen molar-refractivity contribution in [3.05, 3.63) is 30.1 Å². The summed E-state index contributed by atoms with van der Waals surface area (Å²) in [5.74, 6) is 0.427. The van der Waals surface area contributed by atoms with Gasteiger partial charge >= 0.3 is 0 Å². The Hall–Kier alpha value is -0.580. The highest BCUT2D eigenvalue weighted by Gasteiger charge is 2.16. The largest absolute Gasteiger partial charge is 0.392 e. The molecule has 1 N–H and O–H groups in total. The van der Waals surface area contributed by atoms with Gasteiger partial charge in [0.2, 0.25) is 0 Å². The summed E-state index contributed by atoms with van der Waals surface area (Å²) in [5.41, 5.74) is 0. The second kappa shape index (κ2) is 7.12. The summed E-state index contributed by atoms with van der Waals surface area (Å²) in [4.78, 5) is 0.993. The first-order chi connectivity index (χ1) is 8.74. The van der Waals surface area contributed by atoms with Crippen molar-refractivity contribution in [1.29, 1.82) is 0 Å². The molecule has 100 valence electrons. The number of aliphatic hydroxyl groups excluding tert-OH is 1. The zero-order valence-corrected chi connectivity index (χ0v) is 11.2. The third kappa shape index (κ3) is 4.59. The van der Waals surface area contributed by atoms with Crippen molar-refractivity contribution in [1.82, 2.24) is 0 Å². The average molecular weight is 270 g/mol. The van der Waals surface area contributed by atoms with Gasteiger partial charge in [0.25, 0.3) is 0 Å². The molecule has 2 atom stereocenters. The Morgan fingerprint density at radius 3 is 2.83 bits per heavy atom. The Kier molecular flexibility index (Phi) is 5.47. The summed E-state index contributed by atoms with van der Waals surface area (Å²) in [6.45, 7) is 0.866. The molecule has 0 bridgehead atoms. The van der Waals surface area contributed by atoms with Crippen LogP contribution >= 0.6 is 11.8 Å². The second-order valence-corrected chi connectivity index (χ2v) is 5.72. The van der Waals surface area contributed by atoms with E-state index in [1.165, 1.54) is 12.1 Å².